The highest BCUT2D eigenvalue weighted by Gasteiger charge is 2.36. The lowest BCUT2D eigenvalue weighted by Gasteiger charge is -2.10. The van der Waals surface area contributed by atoms with E-state index in [9.17, 15) is 18.0 Å². The number of unbranched alkanes of at least 4 members (excludes halogenated alkanes) is 7. The molecule has 0 bridgehead atoms. The molecule has 0 unspecified atom stereocenters. The maximum absolute atomic E-state index is 13.2. The Morgan fingerprint density at radius 1 is 1.12 bits per heavy atom. The highest BCUT2D eigenvalue weighted by atomic mass is 35.5. The Kier molecular flexibility index (Phi) is 11.6. The molecule has 0 saturated heterocycles. The second-order valence-corrected chi connectivity index (χ2v) is 9.91. The van der Waals surface area contributed by atoms with Crippen molar-refractivity contribution in [2.45, 2.75) is 71.0 Å². The summed E-state index contributed by atoms with van der Waals surface area (Å²) in [4.78, 5) is 18.8. The molecule has 4 aromatic heterocycles. The van der Waals surface area contributed by atoms with E-state index in [1.165, 1.54) is 76.0 Å². The molecular formula is C28H35ClF3N5O3. The molecule has 0 amide bonds. The highest BCUT2D eigenvalue weighted by Crippen LogP contribution is 2.37. The van der Waals surface area contributed by atoms with Crippen molar-refractivity contribution in [2.75, 3.05) is 6.54 Å². The summed E-state index contributed by atoms with van der Waals surface area (Å²) in [5, 5.41) is 12.0. The molecule has 0 atom stereocenters. The first-order valence-electron chi connectivity index (χ1n) is 13.3. The molecule has 4 aromatic rings. The van der Waals surface area contributed by atoms with Gasteiger partial charge in [-0.2, -0.15) is 13.2 Å². The van der Waals surface area contributed by atoms with Crippen molar-refractivity contribution >= 4 is 23.2 Å². The quantitative estimate of drug-likeness (QED) is 0.158. The largest absolute Gasteiger partial charge is 0.476 e. The third kappa shape index (κ3) is 8.85. The summed E-state index contributed by atoms with van der Waals surface area (Å²) in [6.45, 7) is 4.29. The molecule has 12 heteroatoms. The molecule has 0 aromatic carbocycles. The molecule has 0 fully saturated rings. The zero-order valence-corrected chi connectivity index (χ0v) is 23.4. The van der Waals surface area contributed by atoms with Gasteiger partial charge in [-0.3, -0.25) is 4.40 Å². The molecule has 4 rings (SSSR count). The van der Waals surface area contributed by atoms with E-state index in [0.29, 0.717) is 0 Å². The minimum absolute atomic E-state index is 0.0982. The number of aromatic nitrogens is 4. The number of aryl methyl sites for hydroxylation is 1. The van der Waals surface area contributed by atoms with Crippen LogP contribution in [0.1, 0.15) is 80.0 Å². The number of carbonyl (C=O) groups is 1. The van der Waals surface area contributed by atoms with E-state index in [0.717, 1.165) is 29.3 Å². The summed E-state index contributed by atoms with van der Waals surface area (Å²) in [5.41, 5.74) is -1.09. The molecule has 0 aliphatic rings. The summed E-state index contributed by atoms with van der Waals surface area (Å²) in [7, 11) is 2.01. The number of hydrogen-bond donors (Lipinski definition) is 2. The summed E-state index contributed by atoms with van der Waals surface area (Å²) >= 11 is 5.83. The third-order valence-corrected chi connectivity index (χ3v) is 6.61. The minimum atomic E-state index is -4.73. The smallest absolute Gasteiger partial charge is 0.420 e. The molecule has 218 valence electrons. The lowest BCUT2D eigenvalue weighted by Crippen LogP contribution is -2.14. The molecule has 0 saturated carbocycles. The number of furan rings is 1. The van der Waals surface area contributed by atoms with Gasteiger partial charge in [0.2, 0.25) is 0 Å². The number of imidazole rings is 2. The van der Waals surface area contributed by atoms with E-state index in [-0.39, 0.29) is 11.3 Å². The van der Waals surface area contributed by atoms with Crippen LogP contribution in [0.4, 0.5) is 13.2 Å². The Morgan fingerprint density at radius 2 is 1.82 bits per heavy atom. The van der Waals surface area contributed by atoms with E-state index in [1.807, 2.05) is 17.9 Å². The van der Waals surface area contributed by atoms with Crippen LogP contribution in [0.2, 0.25) is 5.15 Å². The number of hydrogen-bond acceptors (Lipinski definition) is 5. The van der Waals surface area contributed by atoms with Crippen LogP contribution in [0.25, 0.3) is 17.0 Å². The number of nitrogens with one attached hydrogen (secondary N) is 1. The van der Waals surface area contributed by atoms with Gasteiger partial charge in [-0.1, -0.05) is 63.5 Å². The van der Waals surface area contributed by atoms with Crippen LogP contribution in [0.5, 0.6) is 0 Å². The van der Waals surface area contributed by atoms with Gasteiger partial charge >= 0.3 is 12.1 Å². The van der Waals surface area contributed by atoms with Crippen LogP contribution in [-0.2, 0) is 19.8 Å². The fourth-order valence-electron chi connectivity index (χ4n) is 4.20. The van der Waals surface area contributed by atoms with E-state index in [4.69, 9.17) is 21.1 Å². The first-order valence-corrected chi connectivity index (χ1v) is 13.7. The lowest BCUT2D eigenvalue weighted by molar-refractivity contribution is -0.136. The van der Waals surface area contributed by atoms with Gasteiger partial charge in [0.25, 0.3) is 0 Å². The first-order chi connectivity index (χ1) is 19.1. The van der Waals surface area contributed by atoms with E-state index < -0.39 is 34.2 Å². The van der Waals surface area contributed by atoms with Crippen LogP contribution in [0, 0.1) is 0 Å². The Hall–Kier alpha value is -3.31. The lowest BCUT2D eigenvalue weighted by atomic mass is 10.1. The van der Waals surface area contributed by atoms with E-state index in [2.05, 4.69) is 28.4 Å². The summed E-state index contributed by atoms with van der Waals surface area (Å²) in [5.74, 6) is -1.32. The molecule has 0 aliphatic heterocycles. The predicted molar refractivity (Wildman–Crippen MR) is 147 cm³/mol. The van der Waals surface area contributed by atoms with Crippen molar-refractivity contribution in [3.05, 3.63) is 65.3 Å². The number of alkyl halides is 3. The average molecular weight is 582 g/mol. The Labute approximate surface area is 236 Å². The molecule has 0 radical (unpaired) electrons. The number of pyridine rings is 1. The van der Waals surface area contributed by atoms with Gasteiger partial charge in [-0.05, 0) is 31.2 Å². The first kappa shape index (κ1) is 31.2. The van der Waals surface area contributed by atoms with Crippen molar-refractivity contribution in [3.8, 4) is 11.3 Å². The predicted octanol–water partition coefficient (Wildman–Crippen LogP) is 7.62. The number of fused-ring (bicyclic) bond motifs is 1. The number of nitrogens with zero attached hydrogens (tertiary/aromatic N) is 4. The Bertz CT molecular complexity index is 1350. The molecular weight excluding hydrogens is 547 g/mol. The van der Waals surface area contributed by atoms with Crippen molar-refractivity contribution in [1.29, 1.82) is 0 Å². The maximum atomic E-state index is 13.2. The average Bonchev–Trinajstić information content (AvgIpc) is 3.66. The molecule has 0 spiro atoms. The molecule has 2 N–H and O–H groups in total. The Morgan fingerprint density at radius 3 is 2.40 bits per heavy atom. The standard InChI is InChI=1S/C15H29N3.C13H6ClF3N2O3/c1-3-4-5-6-7-8-9-10-11-16-12-15-13-18(2)14-17-15;14-10-9(12(20)21)18-11-7(13(15,16)17)4-6(5-19(10)11)8-2-1-3-22-8/h13-14,16H,3-12H2,1-2H3;1-5H,(H,20,21). The van der Waals surface area contributed by atoms with Crippen molar-refractivity contribution in [1.82, 2.24) is 24.3 Å². The maximum Gasteiger partial charge on any atom is 0.420 e. The van der Waals surface area contributed by atoms with Crippen molar-refractivity contribution < 1.29 is 27.5 Å². The summed E-state index contributed by atoms with van der Waals surface area (Å²) < 4.78 is 47.6. The summed E-state index contributed by atoms with van der Waals surface area (Å²) in [6, 6.07) is 3.83. The van der Waals surface area contributed by atoms with Gasteiger partial charge < -0.3 is 19.4 Å². The molecule has 4 heterocycles. The van der Waals surface area contributed by atoms with Gasteiger partial charge in [0.15, 0.2) is 11.3 Å². The molecule has 40 heavy (non-hydrogen) atoms. The van der Waals surface area contributed by atoms with Crippen molar-refractivity contribution in [2.24, 2.45) is 7.05 Å². The van der Waals surface area contributed by atoms with E-state index in [1.54, 1.807) is 0 Å². The molecule has 0 aliphatic carbocycles. The summed E-state index contributed by atoms with van der Waals surface area (Å²) in [6.07, 6.45) is 12.8. The van der Waals surface area contributed by atoms with Crippen LogP contribution in [0.15, 0.2) is 47.6 Å². The van der Waals surface area contributed by atoms with Crippen LogP contribution in [-0.4, -0.2) is 36.6 Å². The second-order valence-electron chi connectivity index (χ2n) is 9.55. The van der Waals surface area contributed by atoms with Crippen molar-refractivity contribution in [3.63, 3.8) is 0 Å². The van der Waals surface area contributed by atoms with Gasteiger partial charge in [-0.25, -0.2) is 14.8 Å². The zero-order chi connectivity index (χ0) is 29.1. The monoisotopic (exact) mass is 581 g/mol. The SMILES string of the molecule is CCCCCCCCCCNCc1cn(C)cn1.O=C(O)c1nc2c(C(F)(F)F)cc(-c3ccco3)cn2c1Cl. The fraction of sp³-hybridized carbons (Fsp3) is 0.464. The number of rotatable bonds is 13. The van der Waals surface area contributed by atoms with Gasteiger partial charge in [-0.15, -0.1) is 0 Å². The minimum Gasteiger partial charge on any atom is -0.476 e. The number of aromatic carboxylic acids is 1. The fourth-order valence-corrected chi connectivity index (χ4v) is 4.45. The third-order valence-electron chi connectivity index (χ3n) is 6.25. The van der Waals surface area contributed by atoms with E-state index >= 15 is 0 Å². The molecule has 8 nitrogen and oxygen atoms in total. The van der Waals surface area contributed by atoms with Crippen LogP contribution in [0.3, 0.4) is 0 Å². The van der Waals surface area contributed by atoms with Crippen LogP contribution < -0.4 is 5.32 Å². The van der Waals surface area contributed by atoms with Gasteiger partial charge in [0.1, 0.15) is 10.9 Å². The van der Waals surface area contributed by atoms with Crippen LogP contribution >= 0.6 is 11.6 Å². The van der Waals surface area contributed by atoms with Gasteiger partial charge in [0.05, 0.1) is 23.8 Å². The highest BCUT2D eigenvalue weighted by molar-refractivity contribution is 6.32. The normalized spacial score (nSPS) is 11.6. The number of carboxylic acids is 1. The van der Waals surface area contributed by atoms with Gasteiger partial charge in [0, 0.05) is 31.5 Å². The number of carboxylic acid groups (broad SMARTS) is 1. The second kappa shape index (κ2) is 14.9. The topological polar surface area (TPSA) is 97.6 Å². The zero-order valence-electron chi connectivity index (χ0n) is 22.7. The number of halogens is 4. The Balaban J connectivity index is 0.000000226.